The number of hydrogen-bond acceptors (Lipinski definition) is 5. The zero-order chi connectivity index (χ0) is 16.8. The largest absolute Gasteiger partial charge is 0.465 e. The van der Waals surface area contributed by atoms with Crippen LogP contribution in [0.15, 0.2) is 12.2 Å². The van der Waals surface area contributed by atoms with Gasteiger partial charge in [-0.2, -0.15) is 0 Å². The van der Waals surface area contributed by atoms with Gasteiger partial charge in [0.05, 0.1) is 37.8 Å². The molecule has 0 bridgehead atoms. The number of esters is 1. The smallest absolute Gasteiger partial charge is 0.310 e. The molecule has 3 aliphatic rings. The van der Waals surface area contributed by atoms with Gasteiger partial charge in [-0.1, -0.05) is 12.2 Å². The Balaban J connectivity index is 1.51. The first kappa shape index (κ1) is 17.4. The van der Waals surface area contributed by atoms with Gasteiger partial charge < -0.3 is 19.1 Å². The number of morpholine rings is 1. The number of rotatable bonds is 5. The van der Waals surface area contributed by atoms with E-state index in [2.05, 4.69) is 0 Å². The lowest BCUT2D eigenvalue weighted by Crippen LogP contribution is -2.47. The van der Waals surface area contributed by atoms with Crippen LogP contribution in [0.25, 0.3) is 0 Å². The lowest BCUT2D eigenvalue weighted by atomic mass is 9.82. The van der Waals surface area contributed by atoms with Crippen LogP contribution in [-0.4, -0.2) is 62.4 Å². The topological polar surface area (TPSA) is 65.1 Å². The first-order chi connectivity index (χ1) is 11.8. The maximum absolute atomic E-state index is 12.8. The van der Waals surface area contributed by atoms with Crippen molar-refractivity contribution in [2.75, 3.05) is 39.5 Å². The second kappa shape index (κ2) is 8.62. The van der Waals surface area contributed by atoms with Crippen molar-refractivity contribution < 1.29 is 23.8 Å². The molecule has 1 aliphatic carbocycles. The molecule has 134 valence electrons. The molecular formula is C18H27NO5. The minimum Gasteiger partial charge on any atom is -0.465 e. The van der Waals surface area contributed by atoms with Crippen LogP contribution in [0.3, 0.4) is 0 Å². The van der Waals surface area contributed by atoms with Gasteiger partial charge in [0.1, 0.15) is 0 Å². The summed E-state index contributed by atoms with van der Waals surface area (Å²) in [5.41, 5.74) is 0. The molecule has 6 nitrogen and oxygen atoms in total. The number of allylic oxidation sites excluding steroid dienone is 2. The van der Waals surface area contributed by atoms with Crippen LogP contribution in [0.2, 0.25) is 0 Å². The number of carbonyl (C=O) groups excluding carboxylic acids is 2. The SMILES string of the molecule is O=C(OCC[C@@H]1CCCO1)[C@@H]1CC=CC[C@H]1C(=O)N1CCOCC1. The quantitative estimate of drug-likeness (QED) is 0.562. The summed E-state index contributed by atoms with van der Waals surface area (Å²) in [5.74, 6) is -0.856. The molecule has 0 radical (unpaired) electrons. The number of ether oxygens (including phenoxy) is 3. The van der Waals surface area contributed by atoms with Crippen LogP contribution in [0.4, 0.5) is 0 Å². The van der Waals surface area contributed by atoms with Gasteiger partial charge in [-0.3, -0.25) is 9.59 Å². The molecule has 6 heteroatoms. The van der Waals surface area contributed by atoms with Crippen LogP contribution in [0.5, 0.6) is 0 Å². The van der Waals surface area contributed by atoms with Crippen molar-refractivity contribution in [2.24, 2.45) is 11.8 Å². The maximum Gasteiger partial charge on any atom is 0.310 e. The van der Waals surface area contributed by atoms with Crippen molar-refractivity contribution in [3.05, 3.63) is 12.2 Å². The summed E-state index contributed by atoms with van der Waals surface area (Å²) >= 11 is 0. The highest BCUT2D eigenvalue weighted by Crippen LogP contribution is 2.29. The molecule has 0 aromatic carbocycles. The van der Waals surface area contributed by atoms with Crippen molar-refractivity contribution in [3.63, 3.8) is 0 Å². The Labute approximate surface area is 143 Å². The Morgan fingerprint density at radius 2 is 1.83 bits per heavy atom. The number of nitrogens with zero attached hydrogens (tertiary/aromatic N) is 1. The second-order valence-corrected chi connectivity index (χ2v) is 6.68. The maximum atomic E-state index is 12.8. The van der Waals surface area contributed by atoms with E-state index in [4.69, 9.17) is 14.2 Å². The molecule has 3 atom stereocenters. The van der Waals surface area contributed by atoms with E-state index in [1.807, 2.05) is 17.1 Å². The fourth-order valence-corrected chi connectivity index (χ4v) is 3.64. The zero-order valence-electron chi connectivity index (χ0n) is 14.2. The normalized spacial score (nSPS) is 30.3. The van der Waals surface area contributed by atoms with E-state index in [0.717, 1.165) is 25.9 Å². The van der Waals surface area contributed by atoms with E-state index >= 15 is 0 Å². The first-order valence-electron chi connectivity index (χ1n) is 9.05. The summed E-state index contributed by atoms with van der Waals surface area (Å²) < 4.78 is 16.3. The van der Waals surface area contributed by atoms with E-state index in [-0.39, 0.29) is 29.8 Å². The summed E-state index contributed by atoms with van der Waals surface area (Å²) in [7, 11) is 0. The van der Waals surface area contributed by atoms with E-state index in [1.165, 1.54) is 0 Å². The Hall–Kier alpha value is -1.40. The molecule has 0 N–H and O–H groups in total. The minimum absolute atomic E-state index is 0.0590. The molecule has 0 aromatic heterocycles. The molecule has 0 spiro atoms. The summed E-state index contributed by atoms with van der Waals surface area (Å²) in [5, 5.41) is 0. The van der Waals surface area contributed by atoms with E-state index < -0.39 is 0 Å². The molecular weight excluding hydrogens is 310 g/mol. The second-order valence-electron chi connectivity index (χ2n) is 6.68. The molecule has 1 amide bonds. The van der Waals surface area contributed by atoms with Crippen molar-refractivity contribution in [2.45, 2.75) is 38.2 Å². The highest BCUT2D eigenvalue weighted by atomic mass is 16.5. The summed E-state index contributed by atoms with van der Waals surface area (Å²) in [6.45, 7) is 3.56. The summed E-state index contributed by atoms with van der Waals surface area (Å²) in [6, 6.07) is 0. The van der Waals surface area contributed by atoms with Gasteiger partial charge in [-0.15, -0.1) is 0 Å². The highest BCUT2D eigenvalue weighted by molar-refractivity contribution is 5.86. The molecule has 2 heterocycles. The van der Waals surface area contributed by atoms with Gasteiger partial charge >= 0.3 is 5.97 Å². The molecule has 2 fully saturated rings. The Morgan fingerprint density at radius 3 is 2.54 bits per heavy atom. The van der Waals surface area contributed by atoms with Gasteiger partial charge in [0.2, 0.25) is 5.91 Å². The molecule has 0 aromatic rings. The fraction of sp³-hybridized carbons (Fsp3) is 0.778. The molecule has 0 saturated carbocycles. The number of hydrogen-bond donors (Lipinski definition) is 0. The van der Waals surface area contributed by atoms with E-state index in [0.29, 0.717) is 45.8 Å². The number of carbonyl (C=O) groups is 2. The van der Waals surface area contributed by atoms with Gasteiger partial charge in [-0.25, -0.2) is 0 Å². The first-order valence-corrected chi connectivity index (χ1v) is 9.05. The Kier molecular flexibility index (Phi) is 6.26. The van der Waals surface area contributed by atoms with E-state index in [1.54, 1.807) is 0 Å². The van der Waals surface area contributed by atoms with Crippen molar-refractivity contribution in [1.82, 2.24) is 4.90 Å². The summed E-state index contributed by atoms with van der Waals surface area (Å²) in [4.78, 5) is 27.1. The van der Waals surface area contributed by atoms with Crippen LogP contribution >= 0.6 is 0 Å². The molecule has 0 unspecified atom stereocenters. The average Bonchev–Trinajstić information content (AvgIpc) is 3.15. The summed E-state index contributed by atoms with van der Waals surface area (Å²) in [6.07, 6.45) is 8.27. The average molecular weight is 337 g/mol. The third kappa shape index (κ3) is 4.36. The van der Waals surface area contributed by atoms with E-state index in [9.17, 15) is 9.59 Å². The predicted octanol–water partition coefficient (Wildman–Crippen LogP) is 1.54. The lowest BCUT2D eigenvalue weighted by Gasteiger charge is -2.33. The Bertz CT molecular complexity index is 466. The molecule has 2 saturated heterocycles. The van der Waals surface area contributed by atoms with Crippen LogP contribution < -0.4 is 0 Å². The molecule has 24 heavy (non-hydrogen) atoms. The van der Waals surface area contributed by atoms with Gasteiger partial charge in [-0.05, 0) is 25.7 Å². The van der Waals surface area contributed by atoms with Crippen molar-refractivity contribution in [1.29, 1.82) is 0 Å². The van der Waals surface area contributed by atoms with Gasteiger partial charge in [0.25, 0.3) is 0 Å². The van der Waals surface area contributed by atoms with Crippen LogP contribution in [0, 0.1) is 11.8 Å². The number of amides is 1. The standard InChI is InChI=1S/C18H27NO5/c20-17(19-8-12-22-13-9-19)15-5-1-2-6-16(15)18(21)24-11-7-14-4-3-10-23-14/h1-2,14-16H,3-13H2/t14-,15+,16+/m0/s1. The van der Waals surface area contributed by atoms with Crippen molar-refractivity contribution >= 4 is 11.9 Å². The fourth-order valence-electron chi connectivity index (χ4n) is 3.64. The minimum atomic E-state index is -0.366. The molecule has 2 aliphatic heterocycles. The highest BCUT2D eigenvalue weighted by Gasteiger charge is 2.37. The third-order valence-corrected chi connectivity index (χ3v) is 5.08. The van der Waals surface area contributed by atoms with Crippen LogP contribution in [-0.2, 0) is 23.8 Å². The Morgan fingerprint density at radius 1 is 1.08 bits per heavy atom. The molecule has 3 rings (SSSR count). The van der Waals surface area contributed by atoms with Crippen LogP contribution in [0.1, 0.15) is 32.1 Å². The lowest BCUT2D eigenvalue weighted by molar-refractivity contribution is -0.157. The zero-order valence-corrected chi connectivity index (χ0v) is 14.2. The monoisotopic (exact) mass is 337 g/mol. The van der Waals surface area contributed by atoms with Gasteiger partial charge in [0.15, 0.2) is 0 Å². The van der Waals surface area contributed by atoms with Crippen molar-refractivity contribution in [3.8, 4) is 0 Å². The van der Waals surface area contributed by atoms with Gasteiger partial charge in [0, 0.05) is 26.1 Å². The third-order valence-electron chi connectivity index (χ3n) is 5.08. The predicted molar refractivity (Wildman–Crippen MR) is 87.3 cm³/mol.